The van der Waals surface area contributed by atoms with E-state index in [1.165, 1.54) is 0 Å². The second-order valence-corrected chi connectivity index (χ2v) is 5.16. The maximum Gasteiger partial charge on any atom is 0.306 e. The summed E-state index contributed by atoms with van der Waals surface area (Å²) in [7, 11) is 0. The lowest BCUT2D eigenvalue weighted by molar-refractivity contribution is -0.141. The van der Waals surface area contributed by atoms with Crippen molar-refractivity contribution in [1.29, 1.82) is 0 Å². The molecule has 3 N–H and O–H groups in total. The lowest BCUT2D eigenvalue weighted by atomic mass is 9.91. The van der Waals surface area contributed by atoms with Gasteiger partial charge in [0, 0.05) is 0 Å². The molecule has 1 atom stereocenters. The van der Waals surface area contributed by atoms with Gasteiger partial charge in [-0.15, -0.1) is 0 Å². The summed E-state index contributed by atoms with van der Waals surface area (Å²) in [4.78, 5) is 11.4. The van der Waals surface area contributed by atoms with Crippen LogP contribution in [0.3, 0.4) is 0 Å². The number of unbranched alkanes of at least 4 members (excludes halogenated alkanes) is 1. The van der Waals surface area contributed by atoms with E-state index < -0.39 is 5.97 Å². The van der Waals surface area contributed by atoms with Gasteiger partial charge in [0.2, 0.25) is 0 Å². The second-order valence-electron chi connectivity index (χ2n) is 5.16. The van der Waals surface area contributed by atoms with Crippen LogP contribution >= 0.6 is 0 Å². The largest absolute Gasteiger partial charge is 0.481 e. The third kappa shape index (κ3) is 3.58. The third-order valence-corrected chi connectivity index (χ3v) is 3.70. The summed E-state index contributed by atoms with van der Waals surface area (Å²) in [6.07, 6.45) is 3.04. The van der Waals surface area contributed by atoms with Gasteiger partial charge in [-0.3, -0.25) is 4.79 Å². The van der Waals surface area contributed by atoms with Crippen LogP contribution in [0.15, 0.2) is 42.5 Å². The summed E-state index contributed by atoms with van der Waals surface area (Å²) in [6, 6.07) is 14.2. The molecule has 0 aliphatic heterocycles. The molecule has 0 amide bonds. The summed E-state index contributed by atoms with van der Waals surface area (Å²) in [5, 5.41) is 11.7. The van der Waals surface area contributed by atoms with Crippen LogP contribution in [0, 0.1) is 5.92 Å². The molecule has 0 aliphatic carbocycles. The van der Waals surface area contributed by atoms with Crippen LogP contribution in [-0.4, -0.2) is 17.6 Å². The zero-order valence-electron chi connectivity index (χ0n) is 11.6. The summed E-state index contributed by atoms with van der Waals surface area (Å²) >= 11 is 0. The molecule has 2 rings (SSSR count). The first-order valence-electron chi connectivity index (χ1n) is 7.12. The standard InChI is InChI=1S/C17H21NO2/c18-11-4-3-7-15(17(19)20)12-14-9-5-8-13-6-1-2-10-16(13)14/h1-2,5-6,8-10,15H,3-4,7,11-12,18H2,(H,19,20). The average Bonchev–Trinajstić information content (AvgIpc) is 2.46. The number of hydrogen-bond donors (Lipinski definition) is 2. The highest BCUT2D eigenvalue weighted by atomic mass is 16.4. The fourth-order valence-electron chi connectivity index (χ4n) is 2.58. The van der Waals surface area contributed by atoms with Gasteiger partial charge in [-0.25, -0.2) is 0 Å². The molecule has 2 aromatic rings. The number of carbonyl (C=O) groups is 1. The zero-order valence-corrected chi connectivity index (χ0v) is 11.6. The summed E-state index contributed by atoms with van der Waals surface area (Å²) in [5.74, 6) is -1.04. The fraction of sp³-hybridized carbons (Fsp3) is 0.353. The minimum Gasteiger partial charge on any atom is -0.481 e. The second kappa shape index (κ2) is 7.06. The topological polar surface area (TPSA) is 63.3 Å². The van der Waals surface area contributed by atoms with Crippen molar-refractivity contribution in [3.63, 3.8) is 0 Å². The lowest BCUT2D eigenvalue weighted by Gasteiger charge is -2.14. The number of aliphatic carboxylic acids is 1. The van der Waals surface area contributed by atoms with Gasteiger partial charge in [-0.05, 0) is 42.1 Å². The predicted octanol–water partition coefficient (Wildman–Crippen LogP) is 3.21. The predicted molar refractivity (Wildman–Crippen MR) is 81.7 cm³/mol. The number of rotatable bonds is 7. The molecule has 2 aromatic carbocycles. The van der Waals surface area contributed by atoms with E-state index in [-0.39, 0.29) is 5.92 Å². The molecule has 3 nitrogen and oxygen atoms in total. The van der Waals surface area contributed by atoms with Crippen molar-refractivity contribution in [3.05, 3.63) is 48.0 Å². The minimum absolute atomic E-state index is 0.327. The molecule has 0 saturated carbocycles. The monoisotopic (exact) mass is 271 g/mol. The van der Waals surface area contributed by atoms with Crippen molar-refractivity contribution < 1.29 is 9.90 Å². The molecular formula is C17H21NO2. The Morgan fingerprint density at radius 2 is 1.85 bits per heavy atom. The molecule has 0 saturated heterocycles. The van der Waals surface area contributed by atoms with Crippen molar-refractivity contribution in [3.8, 4) is 0 Å². The zero-order chi connectivity index (χ0) is 14.4. The van der Waals surface area contributed by atoms with E-state index in [4.69, 9.17) is 5.73 Å². The summed E-state index contributed by atoms with van der Waals surface area (Å²) < 4.78 is 0. The van der Waals surface area contributed by atoms with Gasteiger partial charge in [0.15, 0.2) is 0 Å². The number of benzene rings is 2. The van der Waals surface area contributed by atoms with Crippen LogP contribution in [-0.2, 0) is 11.2 Å². The average molecular weight is 271 g/mol. The molecular weight excluding hydrogens is 250 g/mol. The van der Waals surface area contributed by atoms with Gasteiger partial charge in [0.05, 0.1) is 5.92 Å². The number of fused-ring (bicyclic) bond motifs is 1. The normalized spacial score (nSPS) is 12.4. The van der Waals surface area contributed by atoms with E-state index in [0.717, 1.165) is 29.2 Å². The SMILES string of the molecule is NCCCCC(Cc1cccc2ccccc12)C(=O)O. The van der Waals surface area contributed by atoms with Crippen molar-refractivity contribution in [2.45, 2.75) is 25.7 Å². The van der Waals surface area contributed by atoms with Crippen LogP contribution in [0.4, 0.5) is 0 Å². The van der Waals surface area contributed by atoms with Crippen LogP contribution in [0.1, 0.15) is 24.8 Å². The summed E-state index contributed by atoms with van der Waals surface area (Å²) in [5.41, 5.74) is 6.58. The van der Waals surface area contributed by atoms with Crippen LogP contribution < -0.4 is 5.73 Å². The van der Waals surface area contributed by atoms with Crippen molar-refractivity contribution in [1.82, 2.24) is 0 Å². The Labute approximate surface area is 119 Å². The first-order chi connectivity index (χ1) is 9.72. The van der Waals surface area contributed by atoms with Crippen LogP contribution in [0.5, 0.6) is 0 Å². The van der Waals surface area contributed by atoms with E-state index in [1.807, 2.05) is 24.3 Å². The Hall–Kier alpha value is -1.87. The van der Waals surface area contributed by atoms with Crippen molar-refractivity contribution in [2.24, 2.45) is 11.7 Å². The Morgan fingerprint density at radius 3 is 2.60 bits per heavy atom. The van der Waals surface area contributed by atoms with Gasteiger partial charge >= 0.3 is 5.97 Å². The fourth-order valence-corrected chi connectivity index (χ4v) is 2.58. The van der Waals surface area contributed by atoms with Crippen molar-refractivity contribution >= 4 is 16.7 Å². The Balaban J connectivity index is 2.18. The Morgan fingerprint density at radius 1 is 1.10 bits per heavy atom. The van der Waals surface area contributed by atoms with Gasteiger partial charge in [-0.1, -0.05) is 48.9 Å². The van der Waals surface area contributed by atoms with E-state index in [1.54, 1.807) is 0 Å². The van der Waals surface area contributed by atoms with Gasteiger partial charge in [0.25, 0.3) is 0 Å². The quantitative estimate of drug-likeness (QED) is 0.760. The smallest absolute Gasteiger partial charge is 0.306 e. The third-order valence-electron chi connectivity index (χ3n) is 3.70. The molecule has 0 spiro atoms. The van der Waals surface area contributed by atoms with Crippen molar-refractivity contribution in [2.75, 3.05) is 6.54 Å². The number of nitrogens with two attached hydrogens (primary N) is 1. The first-order valence-corrected chi connectivity index (χ1v) is 7.12. The molecule has 0 bridgehead atoms. The molecule has 0 aliphatic rings. The van der Waals surface area contributed by atoms with E-state index in [0.29, 0.717) is 19.4 Å². The maximum atomic E-state index is 11.4. The van der Waals surface area contributed by atoms with E-state index in [9.17, 15) is 9.90 Å². The molecule has 106 valence electrons. The van der Waals surface area contributed by atoms with E-state index in [2.05, 4.69) is 18.2 Å². The van der Waals surface area contributed by atoms with Gasteiger partial charge in [-0.2, -0.15) is 0 Å². The Bertz CT molecular complexity index is 575. The maximum absolute atomic E-state index is 11.4. The molecule has 0 fully saturated rings. The molecule has 20 heavy (non-hydrogen) atoms. The van der Waals surface area contributed by atoms with Crippen LogP contribution in [0.25, 0.3) is 10.8 Å². The highest BCUT2D eigenvalue weighted by molar-refractivity contribution is 5.86. The highest BCUT2D eigenvalue weighted by Gasteiger charge is 2.18. The van der Waals surface area contributed by atoms with Crippen LogP contribution in [0.2, 0.25) is 0 Å². The summed E-state index contributed by atoms with van der Waals surface area (Å²) in [6.45, 7) is 0.626. The number of carboxylic acids is 1. The first kappa shape index (κ1) is 14.5. The highest BCUT2D eigenvalue weighted by Crippen LogP contribution is 2.23. The lowest BCUT2D eigenvalue weighted by Crippen LogP contribution is -2.17. The van der Waals surface area contributed by atoms with Gasteiger partial charge < -0.3 is 10.8 Å². The number of carboxylic acid groups (broad SMARTS) is 1. The van der Waals surface area contributed by atoms with E-state index >= 15 is 0 Å². The number of hydrogen-bond acceptors (Lipinski definition) is 2. The van der Waals surface area contributed by atoms with Gasteiger partial charge in [0.1, 0.15) is 0 Å². The molecule has 0 heterocycles. The molecule has 1 unspecified atom stereocenters. The Kier molecular flexibility index (Phi) is 5.13. The molecule has 0 radical (unpaired) electrons. The molecule has 0 aromatic heterocycles. The minimum atomic E-state index is -0.713. The molecule has 3 heteroatoms.